The van der Waals surface area contributed by atoms with E-state index >= 15 is 0 Å². The molecule has 1 rings (SSSR count). The van der Waals surface area contributed by atoms with Crippen molar-refractivity contribution >= 4 is 23.0 Å². The number of benzene rings is 1. The molecule has 0 aliphatic carbocycles. The third-order valence-electron chi connectivity index (χ3n) is 1.82. The number of rotatable bonds is 5. The molecule has 88 valence electrons. The van der Waals surface area contributed by atoms with Gasteiger partial charge in [0.25, 0.3) is 5.69 Å². The van der Waals surface area contributed by atoms with Crippen LogP contribution >= 0.6 is 11.6 Å². The molecule has 8 heteroatoms. The standard InChI is InChI=1S/C8H10ClN3O4/c9-7-5-6(12(15)16)1-2-8(7)10-3-4-11(13)14/h1-2,5,10-11,13H,3-4H2. The number of anilines is 1. The Bertz CT molecular complexity index is 386. The zero-order valence-electron chi connectivity index (χ0n) is 8.14. The van der Waals surface area contributed by atoms with E-state index in [0.717, 1.165) is 0 Å². The topological polar surface area (TPSA) is 103 Å². The van der Waals surface area contributed by atoms with Crippen molar-refractivity contribution in [2.45, 2.75) is 0 Å². The van der Waals surface area contributed by atoms with Crippen LogP contribution in [0.2, 0.25) is 5.02 Å². The van der Waals surface area contributed by atoms with Crippen LogP contribution in [0.15, 0.2) is 18.2 Å². The Morgan fingerprint density at radius 2 is 2.25 bits per heavy atom. The Morgan fingerprint density at radius 3 is 2.75 bits per heavy atom. The highest BCUT2D eigenvalue weighted by atomic mass is 35.5. The number of halogens is 1. The fourth-order valence-corrected chi connectivity index (χ4v) is 1.31. The lowest BCUT2D eigenvalue weighted by molar-refractivity contribution is -1.05. The average molecular weight is 248 g/mol. The highest BCUT2D eigenvalue weighted by Crippen LogP contribution is 2.26. The van der Waals surface area contributed by atoms with Crippen molar-refractivity contribution in [2.75, 3.05) is 18.4 Å². The van der Waals surface area contributed by atoms with E-state index in [1.165, 1.54) is 18.2 Å². The zero-order chi connectivity index (χ0) is 12.1. The molecular formula is C8H10ClN3O4. The lowest BCUT2D eigenvalue weighted by atomic mass is 10.3. The van der Waals surface area contributed by atoms with Gasteiger partial charge in [-0.25, -0.2) is 10.4 Å². The molecule has 1 atom stereocenters. The van der Waals surface area contributed by atoms with Gasteiger partial charge in [0.2, 0.25) is 0 Å². The summed E-state index contributed by atoms with van der Waals surface area (Å²) >= 11 is 5.77. The Hall–Kier alpha value is -1.41. The first-order valence-corrected chi connectivity index (χ1v) is 4.78. The second-order valence-electron chi connectivity index (χ2n) is 2.99. The molecule has 0 radical (unpaired) electrons. The van der Waals surface area contributed by atoms with Crippen LogP contribution in [0.4, 0.5) is 11.4 Å². The minimum atomic E-state index is -0.925. The maximum Gasteiger partial charge on any atom is 0.271 e. The first-order chi connectivity index (χ1) is 7.50. The molecule has 0 heterocycles. The largest absolute Gasteiger partial charge is 0.600 e. The third-order valence-corrected chi connectivity index (χ3v) is 2.13. The number of non-ortho nitro benzene ring substituents is 1. The van der Waals surface area contributed by atoms with E-state index in [0.29, 0.717) is 5.69 Å². The number of nitrogens with one attached hydrogen (secondary N) is 2. The molecule has 0 aliphatic heterocycles. The number of hydroxylamine groups is 2. The molecule has 0 saturated carbocycles. The molecule has 1 unspecified atom stereocenters. The number of nitrogens with zero attached hydrogens (tertiary/aromatic N) is 1. The van der Waals surface area contributed by atoms with Crippen molar-refractivity contribution in [3.63, 3.8) is 0 Å². The molecule has 1 aromatic rings. The maximum absolute atomic E-state index is 10.4. The van der Waals surface area contributed by atoms with Gasteiger partial charge in [-0.2, -0.15) is 0 Å². The molecule has 0 aromatic heterocycles. The Morgan fingerprint density at radius 1 is 1.56 bits per heavy atom. The van der Waals surface area contributed by atoms with Crippen LogP contribution in [0, 0.1) is 15.3 Å². The summed E-state index contributed by atoms with van der Waals surface area (Å²) in [7, 11) is 0. The number of quaternary nitrogens is 1. The van der Waals surface area contributed by atoms with E-state index in [4.69, 9.17) is 16.8 Å². The average Bonchev–Trinajstić information content (AvgIpc) is 2.19. The van der Waals surface area contributed by atoms with Crippen molar-refractivity contribution < 1.29 is 15.4 Å². The van der Waals surface area contributed by atoms with Crippen molar-refractivity contribution in [2.24, 2.45) is 0 Å². The quantitative estimate of drug-likeness (QED) is 0.517. The SMILES string of the molecule is O=[N+]([O-])c1ccc(NCC[NH+]([O-])O)c(Cl)c1. The molecule has 0 amide bonds. The molecule has 0 aliphatic rings. The summed E-state index contributed by atoms with van der Waals surface area (Å²) in [6.07, 6.45) is 0. The Balaban J connectivity index is 2.64. The predicted molar refractivity (Wildman–Crippen MR) is 57.6 cm³/mol. The summed E-state index contributed by atoms with van der Waals surface area (Å²) in [5.41, 5.74) is 0.377. The molecule has 0 spiro atoms. The van der Waals surface area contributed by atoms with Crippen molar-refractivity contribution in [3.05, 3.63) is 38.5 Å². The monoisotopic (exact) mass is 247 g/mol. The summed E-state index contributed by atoms with van der Waals surface area (Å²) < 4.78 is 0. The van der Waals surface area contributed by atoms with Crippen LogP contribution in [-0.2, 0) is 0 Å². The van der Waals surface area contributed by atoms with Crippen molar-refractivity contribution in [1.82, 2.24) is 0 Å². The van der Waals surface area contributed by atoms with Crippen molar-refractivity contribution in [3.8, 4) is 0 Å². The van der Waals surface area contributed by atoms with E-state index in [2.05, 4.69) is 5.32 Å². The first kappa shape index (κ1) is 12.7. The lowest BCUT2D eigenvalue weighted by Crippen LogP contribution is -3.05. The van der Waals surface area contributed by atoms with E-state index in [-0.39, 0.29) is 23.8 Å². The van der Waals surface area contributed by atoms with Crippen LogP contribution in [0.3, 0.4) is 0 Å². The Labute approximate surface area is 95.9 Å². The number of hydrogen-bond donors (Lipinski definition) is 3. The molecule has 1 aromatic carbocycles. The van der Waals surface area contributed by atoms with E-state index in [1.807, 2.05) is 0 Å². The van der Waals surface area contributed by atoms with Gasteiger partial charge in [0.05, 0.1) is 22.2 Å². The molecule has 0 saturated heterocycles. The molecule has 0 fully saturated rings. The smallest absolute Gasteiger partial charge is 0.271 e. The second-order valence-corrected chi connectivity index (χ2v) is 3.40. The Kier molecular flexibility index (Phi) is 4.44. The lowest BCUT2D eigenvalue weighted by Gasteiger charge is -2.13. The minimum absolute atomic E-state index is 0.0483. The van der Waals surface area contributed by atoms with Crippen LogP contribution in [0.25, 0.3) is 0 Å². The van der Waals surface area contributed by atoms with E-state index < -0.39 is 10.1 Å². The number of hydrogen-bond acceptors (Lipinski definition) is 5. The second kappa shape index (κ2) is 5.61. The summed E-state index contributed by atoms with van der Waals surface area (Å²) in [5, 5.41) is 31.1. The number of nitro benzene ring substituents is 1. The molecule has 16 heavy (non-hydrogen) atoms. The summed E-state index contributed by atoms with van der Waals surface area (Å²) in [5.74, 6) is 0. The van der Waals surface area contributed by atoms with Gasteiger partial charge in [-0.05, 0) is 6.07 Å². The zero-order valence-corrected chi connectivity index (χ0v) is 8.90. The summed E-state index contributed by atoms with van der Waals surface area (Å²) in [6, 6.07) is 3.96. The third kappa shape index (κ3) is 3.63. The molecule has 0 bridgehead atoms. The number of nitro groups is 1. The van der Waals surface area contributed by atoms with Gasteiger partial charge >= 0.3 is 0 Å². The predicted octanol–water partition coefficient (Wildman–Crippen LogP) is 0.432. The van der Waals surface area contributed by atoms with Gasteiger partial charge in [-0.1, -0.05) is 11.6 Å². The van der Waals surface area contributed by atoms with Gasteiger partial charge in [0.15, 0.2) is 0 Å². The van der Waals surface area contributed by atoms with Gasteiger partial charge in [0.1, 0.15) is 6.54 Å². The van der Waals surface area contributed by atoms with Crippen LogP contribution in [0.5, 0.6) is 0 Å². The fourth-order valence-electron chi connectivity index (χ4n) is 1.07. The minimum Gasteiger partial charge on any atom is -0.600 e. The highest BCUT2D eigenvalue weighted by molar-refractivity contribution is 6.33. The van der Waals surface area contributed by atoms with Crippen LogP contribution in [-0.4, -0.2) is 23.2 Å². The first-order valence-electron chi connectivity index (χ1n) is 4.40. The van der Waals surface area contributed by atoms with Gasteiger partial charge in [0, 0.05) is 12.1 Å². The van der Waals surface area contributed by atoms with Crippen LogP contribution in [0.1, 0.15) is 0 Å². The normalized spacial score (nSPS) is 12.2. The van der Waals surface area contributed by atoms with Crippen molar-refractivity contribution in [1.29, 1.82) is 0 Å². The van der Waals surface area contributed by atoms with E-state index in [1.54, 1.807) is 0 Å². The van der Waals surface area contributed by atoms with Gasteiger partial charge in [-0.3, -0.25) is 10.1 Å². The van der Waals surface area contributed by atoms with Gasteiger partial charge in [-0.15, -0.1) is 0 Å². The van der Waals surface area contributed by atoms with E-state index in [9.17, 15) is 15.3 Å². The highest BCUT2D eigenvalue weighted by Gasteiger charge is 2.08. The maximum atomic E-state index is 10.4. The van der Waals surface area contributed by atoms with Gasteiger partial charge < -0.3 is 10.5 Å². The summed E-state index contributed by atoms with van der Waals surface area (Å²) in [6.45, 7) is 0.167. The molecule has 3 N–H and O–H groups in total. The molecule has 7 nitrogen and oxygen atoms in total. The molecular weight excluding hydrogens is 238 g/mol. The summed E-state index contributed by atoms with van der Waals surface area (Å²) in [4.78, 5) is 9.87. The fraction of sp³-hybridized carbons (Fsp3) is 0.250. The van der Waals surface area contributed by atoms with Crippen LogP contribution < -0.4 is 10.5 Å².